The van der Waals surface area contributed by atoms with Gasteiger partial charge in [0.1, 0.15) is 0 Å². The summed E-state index contributed by atoms with van der Waals surface area (Å²) in [5, 5.41) is 14.2. The van der Waals surface area contributed by atoms with Crippen molar-refractivity contribution in [3.8, 4) is 0 Å². The van der Waals surface area contributed by atoms with E-state index >= 15 is 0 Å². The number of nitrogens with two attached hydrogens (primary N) is 1. The fraction of sp³-hybridized carbons (Fsp3) is 0.444. The first-order chi connectivity index (χ1) is 8.38. The number of carbonyl (C=O) groups excluding carboxylic acids is 2. The second-order valence-corrected chi connectivity index (χ2v) is 3.40. The normalized spacial score (nSPS) is 11.9. The maximum absolute atomic E-state index is 11.4. The third-order valence-corrected chi connectivity index (χ3v) is 2.18. The van der Waals surface area contributed by atoms with Crippen LogP contribution in [0.25, 0.3) is 0 Å². The smallest absolute Gasteiger partial charge is 0.402 e. The van der Waals surface area contributed by atoms with Gasteiger partial charge in [0.15, 0.2) is 11.6 Å². The van der Waals surface area contributed by atoms with Gasteiger partial charge in [-0.3, -0.25) is 4.79 Å². The number of rotatable bonds is 5. The molecule has 0 aliphatic heterocycles. The molecule has 0 aliphatic carbocycles. The fourth-order valence-electron chi connectivity index (χ4n) is 1.26. The molecule has 1 aromatic rings. The lowest BCUT2D eigenvalue weighted by atomic mass is 10.3. The molecular weight excluding hydrogens is 244 g/mol. The van der Waals surface area contributed by atoms with E-state index in [1.165, 1.54) is 6.92 Å². The average molecular weight is 256 g/mol. The number of carbonyl (C=O) groups is 2. The number of aromatic nitrogens is 2. The number of esters is 1. The Kier molecular flexibility index (Phi) is 3.97. The first-order valence-electron chi connectivity index (χ1n) is 5.08. The van der Waals surface area contributed by atoms with Crippen LogP contribution in [0.4, 0.5) is 5.82 Å². The van der Waals surface area contributed by atoms with Crippen LogP contribution in [-0.4, -0.2) is 33.2 Å². The first-order valence-corrected chi connectivity index (χ1v) is 5.08. The molecule has 0 spiro atoms. The molecule has 1 amide bonds. The maximum Gasteiger partial charge on any atom is 0.402 e. The molecule has 0 unspecified atom stereocenters. The van der Waals surface area contributed by atoms with Crippen LogP contribution in [0.3, 0.4) is 0 Å². The fourth-order valence-corrected chi connectivity index (χ4v) is 1.26. The number of amides is 1. The van der Waals surface area contributed by atoms with E-state index in [4.69, 9.17) is 10.5 Å². The van der Waals surface area contributed by atoms with Gasteiger partial charge in [-0.2, -0.15) is 4.68 Å². The highest BCUT2D eigenvalue weighted by molar-refractivity contribution is 5.96. The van der Waals surface area contributed by atoms with Gasteiger partial charge in [0.25, 0.3) is 5.91 Å². The quantitative estimate of drug-likeness (QED) is 0.448. The lowest BCUT2D eigenvalue weighted by Gasteiger charge is -2.06. The summed E-state index contributed by atoms with van der Waals surface area (Å²) in [6.07, 6.45) is 1.06. The predicted molar refractivity (Wildman–Crippen MR) is 58.7 cm³/mol. The molecule has 18 heavy (non-hydrogen) atoms. The van der Waals surface area contributed by atoms with Crippen LogP contribution in [0.1, 0.15) is 30.2 Å². The number of nitrogens with zero attached hydrogens (tertiary/aromatic N) is 3. The van der Waals surface area contributed by atoms with E-state index < -0.39 is 28.7 Å². The summed E-state index contributed by atoms with van der Waals surface area (Å²) in [7, 11) is 0. The van der Waals surface area contributed by atoms with E-state index in [2.05, 4.69) is 5.10 Å². The van der Waals surface area contributed by atoms with Gasteiger partial charge in [0, 0.05) is 0 Å². The van der Waals surface area contributed by atoms with Gasteiger partial charge in [-0.1, -0.05) is 0 Å². The summed E-state index contributed by atoms with van der Waals surface area (Å²) in [6, 6.07) is -0.878. The summed E-state index contributed by atoms with van der Waals surface area (Å²) in [5.41, 5.74) is 4.64. The standard InChI is InChI=1S/C9H12N4O5/c1-3-18-9(15)5(2)12-4-6(7(10)14)8(11-12)13(16)17/h4-5H,3H2,1-2H3,(H2,10,14)/t5-/m0/s1. The number of primary amides is 1. The van der Waals surface area contributed by atoms with Gasteiger partial charge in [0.05, 0.1) is 17.9 Å². The zero-order valence-electron chi connectivity index (χ0n) is 9.82. The van der Waals surface area contributed by atoms with E-state index in [-0.39, 0.29) is 12.2 Å². The SMILES string of the molecule is CCOC(=O)[C@H](C)n1cc(C(N)=O)c([N+](=O)[O-])n1. The highest BCUT2D eigenvalue weighted by Crippen LogP contribution is 2.18. The number of ether oxygens (including phenoxy) is 1. The summed E-state index contributed by atoms with van der Waals surface area (Å²) in [6.45, 7) is 3.25. The summed E-state index contributed by atoms with van der Waals surface area (Å²) >= 11 is 0. The molecule has 1 rings (SSSR count). The highest BCUT2D eigenvalue weighted by Gasteiger charge is 2.29. The molecule has 0 aromatic carbocycles. The molecule has 9 heteroatoms. The number of nitro groups is 1. The minimum absolute atomic E-state index is 0.176. The molecule has 0 bridgehead atoms. The van der Waals surface area contributed by atoms with Crippen molar-refractivity contribution >= 4 is 17.7 Å². The summed E-state index contributed by atoms with van der Waals surface area (Å²) < 4.78 is 5.72. The third kappa shape index (κ3) is 2.62. The molecule has 0 fully saturated rings. The molecule has 0 saturated carbocycles. The van der Waals surface area contributed by atoms with Gasteiger partial charge in [-0.05, 0) is 18.8 Å². The Morgan fingerprint density at radius 1 is 1.67 bits per heavy atom. The van der Waals surface area contributed by atoms with Crippen LogP contribution >= 0.6 is 0 Å². The van der Waals surface area contributed by atoms with Gasteiger partial charge in [0.2, 0.25) is 0 Å². The van der Waals surface area contributed by atoms with Gasteiger partial charge in [-0.25, -0.2) is 4.79 Å². The van der Waals surface area contributed by atoms with Crippen LogP contribution < -0.4 is 5.73 Å². The average Bonchev–Trinajstić information content (AvgIpc) is 2.73. The van der Waals surface area contributed by atoms with Crippen molar-refractivity contribution in [2.75, 3.05) is 6.61 Å². The van der Waals surface area contributed by atoms with Gasteiger partial charge >= 0.3 is 11.8 Å². The molecule has 0 aliphatic rings. The van der Waals surface area contributed by atoms with Crippen molar-refractivity contribution in [3.05, 3.63) is 21.9 Å². The summed E-state index contributed by atoms with van der Waals surface area (Å²) in [4.78, 5) is 32.3. The van der Waals surface area contributed by atoms with E-state index in [0.717, 1.165) is 10.9 Å². The maximum atomic E-state index is 11.4. The molecule has 1 heterocycles. The van der Waals surface area contributed by atoms with Crippen molar-refractivity contribution in [3.63, 3.8) is 0 Å². The molecule has 1 aromatic heterocycles. The Bertz CT molecular complexity index is 464. The Labute approximate surface area is 102 Å². The van der Waals surface area contributed by atoms with Crippen LogP contribution in [0.5, 0.6) is 0 Å². The molecular formula is C9H12N4O5. The monoisotopic (exact) mass is 256 g/mol. The van der Waals surface area contributed by atoms with E-state index in [0.29, 0.717) is 0 Å². The van der Waals surface area contributed by atoms with Crippen molar-refractivity contribution in [1.29, 1.82) is 0 Å². The van der Waals surface area contributed by atoms with Crippen molar-refractivity contribution in [2.45, 2.75) is 19.9 Å². The van der Waals surface area contributed by atoms with Crippen LogP contribution in [0.2, 0.25) is 0 Å². The molecule has 0 radical (unpaired) electrons. The van der Waals surface area contributed by atoms with E-state index in [1.54, 1.807) is 6.92 Å². The largest absolute Gasteiger partial charge is 0.464 e. The van der Waals surface area contributed by atoms with Crippen molar-refractivity contribution < 1.29 is 19.2 Å². The van der Waals surface area contributed by atoms with E-state index in [1.807, 2.05) is 0 Å². The molecule has 2 N–H and O–H groups in total. The van der Waals surface area contributed by atoms with Gasteiger partial charge < -0.3 is 20.6 Å². The Morgan fingerprint density at radius 2 is 2.28 bits per heavy atom. The number of hydrogen-bond donors (Lipinski definition) is 1. The summed E-state index contributed by atoms with van der Waals surface area (Å²) in [5.74, 6) is -2.27. The molecule has 98 valence electrons. The molecule has 1 atom stereocenters. The Morgan fingerprint density at radius 3 is 2.67 bits per heavy atom. The van der Waals surface area contributed by atoms with Crippen LogP contribution in [-0.2, 0) is 9.53 Å². The zero-order valence-corrected chi connectivity index (χ0v) is 9.82. The highest BCUT2D eigenvalue weighted by atomic mass is 16.6. The predicted octanol–water partition coefficient (Wildman–Crippen LogP) is 0.0143. The molecule has 0 saturated heterocycles. The van der Waals surface area contributed by atoms with Crippen LogP contribution in [0.15, 0.2) is 6.20 Å². The Hall–Kier alpha value is -2.45. The third-order valence-electron chi connectivity index (χ3n) is 2.18. The topological polar surface area (TPSA) is 130 Å². The van der Waals surface area contributed by atoms with Crippen molar-refractivity contribution in [1.82, 2.24) is 9.78 Å². The number of hydrogen-bond acceptors (Lipinski definition) is 6. The van der Waals surface area contributed by atoms with Crippen molar-refractivity contribution in [2.24, 2.45) is 5.73 Å². The zero-order chi connectivity index (χ0) is 13.9. The lowest BCUT2D eigenvalue weighted by molar-refractivity contribution is -0.390. The second kappa shape index (κ2) is 5.25. The minimum Gasteiger partial charge on any atom is -0.464 e. The van der Waals surface area contributed by atoms with Crippen LogP contribution in [0, 0.1) is 10.1 Å². The van der Waals surface area contributed by atoms with Gasteiger partial charge in [-0.15, -0.1) is 0 Å². The second-order valence-electron chi connectivity index (χ2n) is 3.40. The Balaban J connectivity index is 3.12. The minimum atomic E-state index is -0.982. The molecule has 9 nitrogen and oxygen atoms in total. The lowest BCUT2D eigenvalue weighted by Crippen LogP contribution is -2.19. The van der Waals surface area contributed by atoms with E-state index in [9.17, 15) is 19.7 Å². The first kappa shape index (κ1) is 13.6.